The SMILES string of the molecule is COc1ccc(-c2cc(NC(=O)c3ccccc3F)n(-c3cc(Cl)ccc3Cl)n2)cc1. The molecule has 0 aliphatic heterocycles. The Morgan fingerprint density at radius 3 is 2.48 bits per heavy atom. The second-order valence-corrected chi connectivity index (χ2v) is 7.43. The number of nitrogens with one attached hydrogen (secondary N) is 1. The third kappa shape index (κ3) is 4.40. The molecule has 5 nitrogen and oxygen atoms in total. The lowest BCUT2D eigenvalue weighted by atomic mass is 10.1. The summed E-state index contributed by atoms with van der Waals surface area (Å²) < 4.78 is 20.8. The van der Waals surface area contributed by atoms with Gasteiger partial charge < -0.3 is 10.1 Å². The number of hydrogen-bond donors (Lipinski definition) is 1. The zero-order chi connectivity index (χ0) is 22.0. The van der Waals surface area contributed by atoms with Crippen LogP contribution in [0.15, 0.2) is 72.8 Å². The van der Waals surface area contributed by atoms with Gasteiger partial charge in [-0.25, -0.2) is 9.07 Å². The number of carbonyl (C=O) groups excluding carboxylic acids is 1. The average molecular weight is 456 g/mol. The molecule has 0 saturated heterocycles. The Hall–Kier alpha value is -3.35. The van der Waals surface area contributed by atoms with Crippen LogP contribution in [0, 0.1) is 5.82 Å². The molecule has 31 heavy (non-hydrogen) atoms. The lowest BCUT2D eigenvalue weighted by Gasteiger charge is -2.11. The van der Waals surface area contributed by atoms with Crippen LogP contribution in [-0.4, -0.2) is 22.8 Å². The molecule has 1 heterocycles. The maximum absolute atomic E-state index is 14.1. The molecule has 3 aromatic carbocycles. The summed E-state index contributed by atoms with van der Waals surface area (Å²) in [5.74, 6) is -0.224. The molecule has 156 valence electrons. The molecule has 4 aromatic rings. The van der Waals surface area contributed by atoms with E-state index in [-0.39, 0.29) is 5.56 Å². The molecule has 0 aliphatic rings. The van der Waals surface area contributed by atoms with Gasteiger partial charge in [-0.05, 0) is 54.6 Å². The van der Waals surface area contributed by atoms with Gasteiger partial charge in [-0.2, -0.15) is 5.10 Å². The van der Waals surface area contributed by atoms with Crippen LogP contribution in [0.4, 0.5) is 10.2 Å². The maximum atomic E-state index is 14.1. The topological polar surface area (TPSA) is 56.1 Å². The molecule has 1 N–H and O–H groups in total. The molecule has 4 rings (SSSR count). The number of hydrogen-bond acceptors (Lipinski definition) is 3. The number of anilines is 1. The number of nitrogens with zero attached hydrogens (tertiary/aromatic N) is 2. The van der Waals surface area contributed by atoms with Gasteiger partial charge in [0.2, 0.25) is 0 Å². The largest absolute Gasteiger partial charge is 0.497 e. The van der Waals surface area contributed by atoms with Crippen molar-refractivity contribution in [3.63, 3.8) is 0 Å². The zero-order valence-electron chi connectivity index (χ0n) is 16.3. The number of carbonyl (C=O) groups is 1. The summed E-state index contributed by atoms with van der Waals surface area (Å²) in [7, 11) is 1.58. The van der Waals surface area contributed by atoms with E-state index in [1.807, 2.05) is 12.1 Å². The third-order valence-corrected chi connectivity index (χ3v) is 5.15. The first-order valence-corrected chi connectivity index (χ1v) is 9.97. The molecule has 0 bridgehead atoms. The first-order chi connectivity index (χ1) is 15.0. The second-order valence-electron chi connectivity index (χ2n) is 6.58. The summed E-state index contributed by atoms with van der Waals surface area (Å²) in [5, 5.41) is 8.16. The van der Waals surface area contributed by atoms with Crippen LogP contribution in [-0.2, 0) is 0 Å². The van der Waals surface area contributed by atoms with Crippen molar-refractivity contribution in [3.8, 4) is 22.7 Å². The molecular weight excluding hydrogens is 440 g/mol. The van der Waals surface area contributed by atoms with E-state index in [4.69, 9.17) is 27.9 Å². The Kier molecular flexibility index (Phi) is 5.93. The van der Waals surface area contributed by atoms with E-state index in [0.29, 0.717) is 33.0 Å². The minimum atomic E-state index is -0.623. The highest BCUT2D eigenvalue weighted by Gasteiger charge is 2.18. The van der Waals surface area contributed by atoms with Gasteiger partial charge in [0.25, 0.3) is 5.91 Å². The Morgan fingerprint density at radius 1 is 1.03 bits per heavy atom. The number of methoxy groups -OCH3 is 1. The Balaban J connectivity index is 1.80. The standard InChI is InChI=1S/C23H16Cl2FN3O2/c1-31-16-9-6-14(7-10-16)20-13-22(27-23(30)17-4-2-3-5-19(17)26)29(28-20)21-12-15(24)8-11-18(21)25/h2-13H,1H3,(H,27,30). The van der Waals surface area contributed by atoms with Crippen LogP contribution in [0.25, 0.3) is 16.9 Å². The summed E-state index contributed by atoms with van der Waals surface area (Å²) in [5.41, 5.74) is 1.75. The fourth-order valence-electron chi connectivity index (χ4n) is 3.03. The van der Waals surface area contributed by atoms with Gasteiger partial charge in [-0.1, -0.05) is 35.3 Å². The fourth-order valence-corrected chi connectivity index (χ4v) is 3.40. The average Bonchev–Trinajstić information content (AvgIpc) is 3.19. The van der Waals surface area contributed by atoms with Crippen molar-refractivity contribution < 1.29 is 13.9 Å². The summed E-state index contributed by atoms with van der Waals surface area (Å²) in [6, 6.07) is 19.6. The van der Waals surface area contributed by atoms with Crippen LogP contribution in [0.2, 0.25) is 10.0 Å². The van der Waals surface area contributed by atoms with Crippen LogP contribution in [0.1, 0.15) is 10.4 Å². The summed E-state index contributed by atoms with van der Waals surface area (Å²) >= 11 is 12.5. The molecule has 0 fully saturated rings. The lowest BCUT2D eigenvalue weighted by Crippen LogP contribution is -2.16. The second kappa shape index (κ2) is 8.79. The van der Waals surface area contributed by atoms with E-state index >= 15 is 0 Å². The minimum absolute atomic E-state index is 0.0848. The third-order valence-electron chi connectivity index (χ3n) is 4.59. The predicted octanol–water partition coefficient (Wildman–Crippen LogP) is 6.25. The van der Waals surface area contributed by atoms with Gasteiger partial charge in [0.15, 0.2) is 0 Å². The van der Waals surface area contributed by atoms with Crippen molar-refractivity contribution in [1.82, 2.24) is 9.78 Å². The smallest absolute Gasteiger partial charge is 0.259 e. The highest BCUT2D eigenvalue weighted by atomic mass is 35.5. The van der Waals surface area contributed by atoms with E-state index in [1.54, 1.807) is 49.6 Å². The van der Waals surface area contributed by atoms with Crippen molar-refractivity contribution in [2.24, 2.45) is 0 Å². The Morgan fingerprint density at radius 2 is 1.77 bits per heavy atom. The molecule has 0 atom stereocenters. The summed E-state index contributed by atoms with van der Waals surface area (Å²) in [6.45, 7) is 0. The summed E-state index contributed by atoms with van der Waals surface area (Å²) in [4.78, 5) is 12.7. The minimum Gasteiger partial charge on any atom is -0.497 e. The van der Waals surface area contributed by atoms with Crippen LogP contribution >= 0.6 is 23.2 Å². The molecule has 0 radical (unpaired) electrons. The van der Waals surface area contributed by atoms with Crippen molar-refractivity contribution in [3.05, 3.63) is 94.2 Å². The van der Waals surface area contributed by atoms with Crippen molar-refractivity contribution in [1.29, 1.82) is 0 Å². The highest BCUT2D eigenvalue weighted by Crippen LogP contribution is 2.31. The van der Waals surface area contributed by atoms with E-state index in [1.165, 1.54) is 22.9 Å². The quantitative estimate of drug-likeness (QED) is 0.387. The van der Waals surface area contributed by atoms with E-state index in [2.05, 4.69) is 10.4 Å². The van der Waals surface area contributed by atoms with Crippen LogP contribution < -0.4 is 10.1 Å². The first-order valence-electron chi connectivity index (χ1n) is 9.22. The van der Waals surface area contributed by atoms with Gasteiger partial charge in [0.1, 0.15) is 17.4 Å². The summed E-state index contributed by atoms with van der Waals surface area (Å²) in [6.07, 6.45) is 0. The molecule has 1 aromatic heterocycles. The number of benzene rings is 3. The molecule has 0 spiro atoms. The van der Waals surface area contributed by atoms with Gasteiger partial charge in [0, 0.05) is 16.7 Å². The molecule has 0 unspecified atom stereocenters. The molecule has 0 saturated carbocycles. The molecule has 8 heteroatoms. The monoisotopic (exact) mass is 455 g/mol. The fraction of sp³-hybridized carbons (Fsp3) is 0.0435. The predicted molar refractivity (Wildman–Crippen MR) is 120 cm³/mol. The first kappa shape index (κ1) is 20.9. The van der Waals surface area contributed by atoms with Gasteiger partial charge in [-0.15, -0.1) is 0 Å². The van der Waals surface area contributed by atoms with Crippen molar-refractivity contribution in [2.75, 3.05) is 12.4 Å². The van der Waals surface area contributed by atoms with Crippen LogP contribution in [0.3, 0.4) is 0 Å². The number of rotatable bonds is 5. The van der Waals surface area contributed by atoms with Crippen molar-refractivity contribution in [2.45, 2.75) is 0 Å². The van der Waals surface area contributed by atoms with E-state index in [0.717, 1.165) is 5.56 Å². The van der Waals surface area contributed by atoms with Gasteiger partial charge >= 0.3 is 0 Å². The van der Waals surface area contributed by atoms with E-state index < -0.39 is 11.7 Å². The molecular formula is C23H16Cl2FN3O2. The van der Waals surface area contributed by atoms with Crippen LogP contribution in [0.5, 0.6) is 5.75 Å². The number of halogens is 3. The number of ether oxygens (including phenoxy) is 1. The van der Waals surface area contributed by atoms with E-state index in [9.17, 15) is 9.18 Å². The Labute approximate surface area is 188 Å². The highest BCUT2D eigenvalue weighted by molar-refractivity contribution is 6.34. The Bertz CT molecular complexity index is 1260. The number of amides is 1. The maximum Gasteiger partial charge on any atom is 0.259 e. The molecule has 0 aliphatic carbocycles. The normalized spacial score (nSPS) is 10.7. The number of aromatic nitrogens is 2. The zero-order valence-corrected chi connectivity index (χ0v) is 17.8. The van der Waals surface area contributed by atoms with Crippen molar-refractivity contribution >= 4 is 34.9 Å². The lowest BCUT2D eigenvalue weighted by molar-refractivity contribution is 0.102. The molecule has 1 amide bonds. The van der Waals surface area contributed by atoms with Gasteiger partial charge in [0.05, 0.1) is 29.1 Å². The van der Waals surface area contributed by atoms with Gasteiger partial charge in [-0.3, -0.25) is 4.79 Å².